The Bertz CT molecular complexity index is 996. The van der Waals surface area contributed by atoms with Gasteiger partial charge in [-0.1, -0.05) is 45.7 Å². The number of halogens is 2. The topological polar surface area (TPSA) is 89.7 Å². The zero-order chi connectivity index (χ0) is 20.3. The minimum Gasteiger partial charge on any atom is -0.483 e. The van der Waals surface area contributed by atoms with E-state index >= 15 is 0 Å². The number of primary amides is 1. The van der Waals surface area contributed by atoms with Crippen molar-refractivity contribution in [3.05, 3.63) is 68.0 Å². The van der Waals surface area contributed by atoms with E-state index in [0.29, 0.717) is 16.3 Å². The molecule has 2 aromatic carbocycles. The number of ether oxygens (including phenoxy) is 1. The number of carbonyl (C=O) groups is 3. The van der Waals surface area contributed by atoms with Gasteiger partial charge in [0.2, 0.25) is 0 Å². The zero-order valence-electron chi connectivity index (χ0n) is 14.4. The van der Waals surface area contributed by atoms with Crippen molar-refractivity contribution in [3.8, 4) is 5.75 Å². The molecule has 1 aliphatic heterocycles. The van der Waals surface area contributed by atoms with E-state index in [4.69, 9.17) is 22.1 Å². The Morgan fingerprint density at radius 1 is 1.25 bits per heavy atom. The number of hydrogen-bond donors (Lipinski definition) is 1. The fraction of sp³-hybridized carbons (Fsp3) is 0.105. The SMILES string of the molecule is NC(=O)COc1ccc(Cl)cc1/C=C1\SC(=O)N(Cc2ccccc2Br)C1=O. The lowest BCUT2D eigenvalue weighted by Crippen LogP contribution is -2.27. The second-order valence-corrected chi connectivity index (χ2v) is 8.08. The molecule has 0 spiro atoms. The molecule has 1 aliphatic rings. The van der Waals surface area contributed by atoms with Crippen molar-refractivity contribution >= 4 is 62.4 Å². The predicted molar refractivity (Wildman–Crippen MR) is 112 cm³/mol. The van der Waals surface area contributed by atoms with E-state index in [1.807, 2.05) is 24.3 Å². The fourth-order valence-electron chi connectivity index (χ4n) is 2.49. The number of nitrogens with zero attached hydrogens (tertiary/aromatic N) is 1. The highest BCUT2D eigenvalue weighted by atomic mass is 79.9. The van der Waals surface area contributed by atoms with Crippen molar-refractivity contribution in [3.63, 3.8) is 0 Å². The highest BCUT2D eigenvalue weighted by Crippen LogP contribution is 2.36. The van der Waals surface area contributed by atoms with Crippen LogP contribution in [-0.2, 0) is 16.1 Å². The summed E-state index contributed by atoms with van der Waals surface area (Å²) in [7, 11) is 0. The van der Waals surface area contributed by atoms with Crippen LogP contribution < -0.4 is 10.5 Å². The minimum atomic E-state index is -0.630. The Morgan fingerprint density at radius 2 is 2.00 bits per heavy atom. The number of thioether (sulfide) groups is 1. The second kappa shape index (κ2) is 8.81. The van der Waals surface area contributed by atoms with Crippen molar-refractivity contribution in [2.75, 3.05) is 6.61 Å². The lowest BCUT2D eigenvalue weighted by atomic mass is 10.1. The molecule has 2 aromatic rings. The van der Waals surface area contributed by atoms with E-state index in [0.717, 1.165) is 21.8 Å². The molecule has 0 radical (unpaired) electrons. The molecule has 1 fully saturated rings. The maximum absolute atomic E-state index is 12.8. The van der Waals surface area contributed by atoms with Crippen LogP contribution in [0.1, 0.15) is 11.1 Å². The summed E-state index contributed by atoms with van der Waals surface area (Å²) in [6.07, 6.45) is 1.52. The first-order valence-corrected chi connectivity index (χ1v) is 10.0. The summed E-state index contributed by atoms with van der Waals surface area (Å²) in [6.45, 7) is -0.157. The molecule has 28 heavy (non-hydrogen) atoms. The van der Waals surface area contributed by atoms with E-state index in [1.165, 1.54) is 11.0 Å². The van der Waals surface area contributed by atoms with Gasteiger partial charge in [-0.3, -0.25) is 19.3 Å². The summed E-state index contributed by atoms with van der Waals surface area (Å²) in [5, 5.41) is 0.0544. The number of amides is 3. The number of rotatable bonds is 6. The summed E-state index contributed by atoms with van der Waals surface area (Å²) in [4.78, 5) is 37.5. The molecule has 0 bridgehead atoms. The summed E-state index contributed by atoms with van der Waals surface area (Å²) in [6, 6.07) is 12.1. The average molecular weight is 482 g/mol. The molecule has 9 heteroatoms. The smallest absolute Gasteiger partial charge is 0.293 e. The second-order valence-electron chi connectivity index (χ2n) is 5.80. The molecule has 2 N–H and O–H groups in total. The number of benzene rings is 2. The Balaban J connectivity index is 1.86. The van der Waals surface area contributed by atoms with Gasteiger partial charge in [0.1, 0.15) is 5.75 Å². The van der Waals surface area contributed by atoms with Gasteiger partial charge < -0.3 is 10.5 Å². The van der Waals surface area contributed by atoms with Gasteiger partial charge in [0.15, 0.2) is 6.61 Å². The molecular weight excluding hydrogens is 468 g/mol. The summed E-state index contributed by atoms with van der Waals surface area (Å²) < 4.78 is 6.18. The maximum Gasteiger partial charge on any atom is 0.293 e. The van der Waals surface area contributed by atoms with E-state index < -0.39 is 11.8 Å². The summed E-state index contributed by atoms with van der Waals surface area (Å²) in [5.41, 5.74) is 6.40. The van der Waals surface area contributed by atoms with Gasteiger partial charge in [-0.25, -0.2) is 0 Å². The standard InChI is InChI=1S/C19H14BrClN2O4S/c20-14-4-2-1-3-11(14)9-23-18(25)16(28-19(23)26)8-12-7-13(21)5-6-15(12)27-10-17(22)24/h1-8H,9-10H2,(H2,22,24)/b16-8-. The number of nitrogens with two attached hydrogens (primary N) is 1. The van der Waals surface area contributed by atoms with Crippen LogP contribution in [0.25, 0.3) is 6.08 Å². The van der Waals surface area contributed by atoms with Crippen LogP contribution in [-0.4, -0.2) is 28.6 Å². The van der Waals surface area contributed by atoms with Crippen molar-refractivity contribution in [2.24, 2.45) is 5.73 Å². The van der Waals surface area contributed by atoms with Gasteiger partial charge >= 0.3 is 0 Å². The molecule has 3 rings (SSSR count). The third-order valence-corrected chi connectivity index (χ3v) is 5.70. The van der Waals surface area contributed by atoms with Gasteiger partial charge in [0, 0.05) is 15.1 Å². The molecule has 0 aliphatic carbocycles. The zero-order valence-corrected chi connectivity index (χ0v) is 17.5. The van der Waals surface area contributed by atoms with Gasteiger partial charge in [0.05, 0.1) is 11.4 Å². The first-order valence-electron chi connectivity index (χ1n) is 8.04. The molecule has 0 aromatic heterocycles. The molecule has 0 atom stereocenters. The number of carbonyl (C=O) groups excluding carboxylic acids is 3. The monoisotopic (exact) mass is 480 g/mol. The first kappa shape index (κ1) is 20.4. The van der Waals surface area contributed by atoms with Gasteiger partial charge in [-0.05, 0) is 47.7 Å². The molecule has 0 unspecified atom stereocenters. The van der Waals surface area contributed by atoms with E-state index in [2.05, 4.69) is 15.9 Å². The van der Waals surface area contributed by atoms with Crippen LogP contribution in [0.2, 0.25) is 5.02 Å². The van der Waals surface area contributed by atoms with Gasteiger partial charge in [0.25, 0.3) is 17.1 Å². The van der Waals surface area contributed by atoms with Crippen molar-refractivity contribution in [2.45, 2.75) is 6.54 Å². The lowest BCUT2D eigenvalue weighted by molar-refractivity contribution is -0.123. The number of imide groups is 1. The summed E-state index contributed by atoms with van der Waals surface area (Å²) in [5.74, 6) is -0.706. The van der Waals surface area contributed by atoms with Gasteiger partial charge in [-0.15, -0.1) is 0 Å². The molecule has 144 valence electrons. The van der Waals surface area contributed by atoms with Crippen LogP contribution in [0.4, 0.5) is 4.79 Å². The van der Waals surface area contributed by atoms with Crippen LogP contribution >= 0.6 is 39.3 Å². The first-order chi connectivity index (χ1) is 13.3. The molecule has 6 nitrogen and oxygen atoms in total. The molecule has 3 amide bonds. The highest BCUT2D eigenvalue weighted by molar-refractivity contribution is 9.10. The van der Waals surface area contributed by atoms with Crippen LogP contribution in [0.5, 0.6) is 5.75 Å². The average Bonchev–Trinajstić information content (AvgIpc) is 2.90. The Labute approximate surface area is 178 Å². The highest BCUT2D eigenvalue weighted by Gasteiger charge is 2.35. The maximum atomic E-state index is 12.8. The largest absolute Gasteiger partial charge is 0.483 e. The number of hydrogen-bond acceptors (Lipinski definition) is 5. The Kier molecular flexibility index (Phi) is 6.43. The van der Waals surface area contributed by atoms with Crippen molar-refractivity contribution in [1.29, 1.82) is 0 Å². The van der Waals surface area contributed by atoms with Crippen molar-refractivity contribution < 1.29 is 19.1 Å². The Hall–Kier alpha value is -2.29. The van der Waals surface area contributed by atoms with E-state index in [-0.39, 0.29) is 23.3 Å². The summed E-state index contributed by atoms with van der Waals surface area (Å²) >= 11 is 10.3. The van der Waals surface area contributed by atoms with Gasteiger partial charge in [-0.2, -0.15) is 0 Å². The molecular formula is C19H14BrClN2O4S. The van der Waals surface area contributed by atoms with Crippen LogP contribution in [0.15, 0.2) is 51.8 Å². The Morgan fingerprint density at radius 3 is 2.71 bits per heavy atom. The minimum absolute atomic E-state index is 0.157. The van der Waals surface area contributed by atoms with E-state index in [1.54, 1.807) is 18.2 Å². The van der Waals surface area contributed by atoms with Crippen molar-refractivity contribution in [1.82, 2.24) is 4.90 Å². The quantitative estimate of drug-likeness (QED) is 0.625. The molecule has 0 saturated carbocycles. The third kappa shape index (κ3) is 4.76. The lowest BCUT2D eigenvalue weighted by Gasteiger charge is -2.13. The van der Waals surface area contributed by atoms with Crippen LogP contribution in [0.3, 0.4) is 0 Å². The van der Waals surface area contributed by atoms with E-state index in [9.17, 15) is 14.4 Å². The normalized spacial score (nSPS) is 15.4. The fourth-order valence-corrected chi connectivity index (χ4v) is 3.91. The van der Waals surface area contributed by atoms with Crippen LogP contribution in [0, 0.1) is 0 Å². The predicted octanol–water partition coefficient (Wildman–Crippen LogP) is 4.20. The molecule has 1 heterocycles. The third-order valence-electron chi connectivity index (χ3n) is 3.79. The molecule has 1 saturated heterocycles.